The quantitative estimate of drug-likeness (QED) is 0.538. The van der Waals surface area contributed by atoms with Gasteiger partial charge >= 0.3 is 0 Å². The molecule has 0 spiro atoms. The van der Waals surface area contributed by atoms with Gasteiger partial charge in [-0.1, -0.05) is 29.8 Å². The van der Waals surface area contributed by atoms with E-state index in [1.165, 1.54) is 0 Å². The Balaban J connectivity index is 1.20. The number of halogens is 1. The van der Waals surface area contributed by atoms with Gasteiger partial charge in [-0.25, -0.2) is 0 Å². The van der Waals surface area contributed by atoms with E-state index < -0.39 is 0 Å². The van der Waals surface area contributed by atoms with Crippen LogP contribution in [0.15, 0.2) is 53.4 Å². The summed E-state index contributed by atoms with van der Waals surface area (Å²) in [6.07, 6.45) is 4.50. The summed E-state index contributed by atoms with van der Waals surface area (Å²) in [6.45, 7) is 3.04. The molecule has 1 aliphatic carbocycles. The summed E-state index contributed by atoms with van der Waals surface area (Å²) in [5.74, 6) is 1.02. The standard InChI is InChI=1S/C28H32ClN3O3S/c1-30-24-17-20(27(33)32-13-11-31(12-14-32)22-7-4-6-21(29)18-22)9-10-25(24)36-26(28(30)34)16-19-5-3-8-23(15-19)35-2/h3-8,15-16,18,20,24-25H,9-14,17H2,1-2H3/b26-16-. The fourth-order valence-corrected chi connectivity index (χ4v) is 7.18. The molecule has 5 rings (SSSR count). The first kappa shape index (κ1) is 25.0. The number of hydrogen-bond donors (Lipinski definition) is 0. The van der Waals surface area contributed by atoms with Crippen molar-refractivity contribution in [2.75, 3.05) is 45.2 Å². The number of piperazine rings is 1. The molecule has 0 aromatic heterocycles. The summed E-state index contributed by atoms with van der Waals surface area (Å²) in [5.41, 5.74) is 2.06. The van der Waals surface area contributed by atoms with Crippen LogP contribution in [0.3, 0.4) is 0 Å². The Kier molecular flexibility index (Phi) is 7.49. The zero-order valence-corrected chi connectivity index (χ0v) is 22.3. The van der Waals surface area contributed by atoms with Gasteiger partial charge in [-0.05, 0) is 61.2 Å². The van der Waals surface area contributed by atoms with Gasteiger partial charge < -0.3 is 19.4 Å². The van der Waals surface area contributed by atoms with E-state index in [1.54, 1.807) is 18.9 Å². The highest BCUT2D eigenvalue weighted by Gasteiger charge is 2.43. The Bertz CT molecular complexity index is 1160. The Morgan fingerprint density at radius 1 is 1.08 bits per heavy atom. The number of likely N-dealkylation sites (N-methyl/N-ethyl adjacent to an activating group) is 1. The number of carbonyl (C=O) groups excluding carboxylic acids is 2. The summed E-state index contributed by atoms with van der Waals surface area (Å²) in [7, 11) is 3.53. The number of anilines is 1. The molecule has 0 bridgehead atoms. The maximum absolute atomic E-state index is 13.4. The van der Waals surface area contributed by atoms with Crippen molar-refractivity contribution in [3.05, 3.63) is 64.0 Å². The Hall–Kier alpha value is -2.64. The predicted molar refractivity (Wildman–Crippen MR) is 146 cm³/mol. The van der Waals surface area contributed by atoms with Crippen LogP contribution in [0.1, 0.15) is 24.8 Å². The number of nitrogens with zero attached hydrogens (tertiary/aromatic N) is 3. The molecule has 190 valence electrons. The number of thioether (sulfide) groups is 1. The van der Waals surface area contributed by atoms with E-state index in [-0.39, 0.29) is 23.8 Å². The SMILES string of the molecule is COc1cccc(/C=C2\SC3CCC(C(=O)N4CCN(c5cccc(Cl)c5)CC4)CC3N(C)C2=O)c1. The molecule has 0 radical (unpaired) electrons. The molecule has 2 heterocycles. The van der Waals surface area contributed by atoms with Gasteiger partial charge in [-0.2, -0.15) is 0 Å². The lowest BCUT2D eigenvalue weighted by atomic mass is 9.83. The van der Waals surface area contributed by atoms with Crippen molar-refractivity contribution in [3.63, 3.8) is 0 Å². The molecule has 3 fully saturated rings. The first-order chi connectivity index (χ1) is 17.4. The third-order valence-corrected chi connectivity index (χ3v) is 9.20. The molecule has 0 N–H and O–H groups in total. The summed E-state index contributed by atoms with van der Waals surface area (Å²) >= 11 is 7.83. The van der Waals surface area contributed by atoms with Crippen LogP contribution in [0.5, 0.6) is 5.75 Å². The molecule has 8 heteroatoms. The van der Waals surface area contributed by atoms with E-state index in [0.29, 0.717) is 18.3 Å². The molecular weight excluding hydrogens is 494 g/mol. The minimum Gasteiger partial charge on any atom is -0.497 e. The van der Waals surface area contributed by atoms with Crippen molar-refractivity contribution in [3.8, 4) is 5.75 Å². The monoisotopic (exact) mass is 525 g/mol. The average molecular weight is 526 g/mol. The molecule has 2 aliphatic heterocycles. The van der Waals surface area contributed by atoms with Crippen molar-refractivity contribution in [1.29, 1.82) is 0 Å². The van der Waals surface area contributed by atoms with E-state index in [9.17, 15) is 9.59 Å². The van der Waals surface area contributed by atoms with Crippen LogP contribution < -0.4 is 9.64 Å². The van der Waals surface area contributed by atoms with E-state index in [0.717, 1.165) is 59.3 Å². The zero-order chi connectivity index (χ0) is 25.2. The minimum atomic E-state index is -0.0243. The van der Waals surface area contributed by atoms with Crippen LogP contribution in [0.4, 0.5) is 5.69 Å². The number of ether oxygens (including phenoxy) is 1. The number of benzene rings is 2. The fourth-order valence-electron chi connectivity index (χ4n) is 5.52. The van der Waals surface area contributed by atoms with Gasteiger partial charge in [0.15, 0.2) is 0 Å². The smallest absolute Gasteiger partial charge is 0.260 e. The highest BCUT2D eigenvalue weighted by atomic mass is 35.5. The third kappa shape index (κ3) is 5.23. The summed E-state index contributed by atoms with van der Waals surface area (Å²) in [4.78, 5) is 33.6. The summed E-state index contributed by atoms with van der Waals surface area (Å²) < 4.78 is 5.32. The maximum atomic E-state index is 13.4. The molecule has 3 unspecified atom stereocenters. The predicted octanol–water partition coefficient (Wildman–Crippen LogP) is 4.78. The molecule has 36 heavy (non-hydrogen) atoms. The van der Waals surface area contributed by atoms with Crippen LogP contribution in [-0.4, -0.2) is 73.2 Å². The molecule has 2 saturated heterocycles. The van der Waals surface area contributed by atoms with E-state index in [2.05, 4.69) is 11.0 Å². The van der Waals surface area contributed by atoms with Crippen LogP contribution in [-0.2, 0) is 9.59 Å². The number of hydrogen-bond acceptors (Lipinski definition) is 5. The van der Waals surface area contributed by atoms with Crippen LogP contribution in [0.25, 0.3) is 6.08 Å². The van der Waals surface area contributed by atoms with Gasteiger partial charge in [-0.15, -0.1) is 11.8 Å². The Labute approximate surface area is 222 Å². The second-order valence-corrected chi connectivity index (χ2v) is 11.4. The third-order valence-electron chi connectivity index (χ3n) is 7.57. The van der Waals surface area contributed by atoms with Crippen LogP contribution >= 0.6 is 23.4 Å². The topological polar surface area (TPSA) is 53.1 Å². The highest BCUT2D eigenvalue weighted by molar-refractivity contribution is 8.04. The van der Waals surface area contributed by atoms with Gasteiger partial charge in [0.25, 0.3) is 5.91 Å². The molecule has 3 atom stereocenters. The molecule has 1 saturated carbocycles. The Morgan fingerprint density at radius 2 is 1.86 bits per heavy atom. The first-order valence-electron chi connectivity index (χ1n) is 12.5. The average Bonchev–Trinajstić information content (AvgIpc) is 2.91. The van der Waals surface area contributed by atoms with Crippen LogP contribution in [0.2, 0.25) is 5.02 Å². The van der Waals surface area contributed by atoms with Crippen molar-refractivity contribution in [2.45, 2.75) is 30.6 Å². The van der Waals surface area contributed by atoms with E-state index >= 15 is 0 Å². The minimum absolute atomic E-state index is 0.0243. The van der Waals surface area contributed by atoms with Gasteiger partial charge in [-0.3, -0.25) is 9.59 Å². The van der Waals surface area contributed by atoms with Crippen molar-refractivity contribution in [1.82, 2.24) is 9.80 Å². The molecule has 6 nitrogen and oxygen atoms in total. The number of carbonyl (C=O) groups is 2. The van der Waals surface area contributed by atoms with Gasteiger partial charge in [0.2, 0.25) is 5.91 Å². The van der Waals surface area contributed by atoms with E-state index in [4.69, 9.17) is 16.3 Å². The molecule has 2 amide bonds. The molecule has 2 aromatic carbocycles. The van der Waals surface area contributed by atoms with Crippen molar-refractivity contribution in [2.24, 2.45) is 5.92 Å². The largest absolute Gasteiger partial charge is 0.497 e. The summed E-state index contributed by atoms with van der Waals surface area (Å²) in [5, 5.41) is 1.04. The number of fused-ring (bicyclic) bond motifs is 1. The number of methoxy groups -OCH3 is 1. The number of amides is 2. The van der Waals surface area contributed by atoms with E-state index in [1.807, 2.05) is 65.4 Å². The lowest BCUT2D eigenvalue weighted by Gasteiger charge is -2.45. The van der Waals surface area contributed by atoms with Gasteiger partial charge in [0.1, 0.15) is 5.75 Å². The molecule has 3 aliphatic rings. The van der Waals surface area contributed by atoms with Crippen LogP contribution in [0, 0.1) is 5.92 Å². The Morgan fingerprint density at radius 3 is 2.61 bits per heavy atom. The van der Waals surface area contributed by atoms with Gasteiger partial charge in [0, 0.05) is 61.1 Å². The van der Waals surface area contributed by atoms with Crippen molar-refractivity contribution >= 4 is 46.9 Å². The number of rotatable bonds is 4. The normalized spacial score (nSPS) is 25.6. The van der Waals surface area contributed by atoms with Crippen molar-refractivity contribution < 1.29 is 14.3 Å². The molecular formula is C28H32ClN3O3S. The van der Waals surface area contributed by atoms with Gasteiger partial charge in [0.05, 0.1) is 12.0 Å². The zero-order valence-electron chi connectivity index (χ0n) is 20.7. The lowest BCUT2D eigenvalue weighted by molar-refractivity contribution is -0.139. The second-order valence-electron chi connectivity index (χ2n) is 9.73. The maximum Gasteiger partial charge on any atom is 0.260 e. The summed E-state index contributed by atoms with van der Waals surface area (Å²) in [6, 6.07) is 15.7. The fraction of sp³-hybridized carbons (Fsp3) is 0.429. The lowest BCUT2D eigenvalue weighted by Crippen LogP contribution is -2.55. The highest BCUT2D eigenvalue weighted by Crippen LogP contribution is 2.43. The molecule has 2 aromatic rings. The second kappa shape index (κ2) is 10.8. The first-order valence-corrected chi connectivity index (χ1v) is 13.8.